The molecule has 1 aromatic heterocycles. The third-order valence-corrected chi connectivity index (χ3v) is 6.44. The van der Waals surface area contributed by atoms with Gasteiger partial charge in [0.1, 0.15) is 16.6 Å². The van der Waals surface area contributed by atoms with Crippen molar-refractivity contribution in [1.29, 1.82) is 0 Å². The lowest BCUT2D eigenvalue weighted by molar-refractivity contribution is -0.274. The molecule has 0 radical (unpaired) electrons. The average molecular weight is 470 g/mol. The molecule has 2 N–H and O–H groups in total. The van der Waals surface area contributed by atoms with Crippen LogP contribution in [0.15, 0.2) is 30.5 Å². The molecular weight excluding hydrogens is 443 g/mol. The Morgan fingerprint density at radius 2 is 1.84 bits per heavy atom. The van der Waals surface area contributed by atoms with Crippen LogP contribution in [0.5, 0.6) is 5.75 Å². The number of likely N-dealkylation sites (tertiary alicyclic amines) is 1. The van der Waals surface area contributed by atoms with Gasteiger partial charge >= 0.3 is 6.36 Å². The molecule has 2 heterocycles. The zero-order valence-corrected chi connectivity index (χ0v) is 18.4. The lowest BCUT2D eigenvalue weighted by Crippen LogP contribution is -2.46. The fourth-order valence-corrected chi connectivity index (χ4v) is 4.44. The number of benzene rings is 1. The Balaban J connectivity index is 1.30. The third-order valence-electron chi connectivity index (χ3n) is 6.16. The topological polar surface area (TPSA) is 62.3 Å². The molecular formula is C22H27ClF3N5O. The molecule has 0 unspecified atom stereocenters. The maximum Gasteiger partial charge on any atom is 0.573 e. The number of aromatic nitrogens is 2. The molecule has 1 saturated heterocycles. The number of hydrogen-bond acceptors (Lipinski definition) is 6. The van der Waals surface area contributed by atoms with Gasteiger partial charge in [-0.05, 0) is 57.2 Å². The summed E-state index contributed by atoms with van der Waals surface area (Å²) in [6.45, 7) is 3.35. The Labute approximate surface area is 190 Å². The zero-order valence-electron chi connectivity index (χ0n) is 17.7. The first kappa shape index (κ1) is 22.9. The van der Waals surface area contributed by atoms with Gasteiger partial charge in [0, 0.05) is 24.7 Å². The smallest absolute Gasteiger partial charge is 0.405 e. The van der Waals surface area contributed by atoms with Crippen molar-refractivity contribution in [3.63, 3.8) is 0 Å². The van der Waals surface area contributed by atoms with E-state index in [1.165, 1.54) is 63.5 Å². The van der Waals surface area contributed by atoms with Crippen LogP contribution in [-0.4, -0.2) is 46.9 Å². The lowest BCUT2D eigenvalue weighted by Gasteiger charge is -2.42. The number of rotatable bonds is 8. The number of halogens is 4. The van der Waals surface area contributed by atoms with Crippen LogP contribution in [0, 0.1) is 5.92 Å². The zero-order chi connectivity index (χ0) is 22.6. The Morgan fingerprint density at radius 1 is 1.09 bits per heavy atom. The molecule has 1 aliphatic carbocycles. The molecule has 32 heavy (non-hydrogen) atoms. The molecule has 1 aromatic carbocycles. The van der Waals surface area contributed by atoms with Crippen LogP contribution in [-0.2, 0) is 6.54 Å². The van der Waals surface area contributed by atoms with E-state index in [-0.39, 0.29) is 18.2 Å². The molecule has 2 aliphatic rings. The van der Waals surface area contributed by atoms with E-state index in [4.69, 9.17) is 11.6 Å². The molecule has 2 aromatic rings. The fraction of sp³-hybridized carbons (Fsp3) is 0.545. The minimum absolute atomic E-state index is 0.0772. The van der Waals surface area contributed by atoms with Crippen molar-refractivity contribution in [2.24, 2.45) is 5.92 Å². The summed E-state index contributed by atoms with van der Waals surface area (Å²) in [4.78, 5) is 11.1. The number of anilines is 2. The summed E-state index contributed by atoms with van der Waals surface area (Å²) in [6, 6.07) is 6.70. The van der Waals surface area contributed by atoms with Gasteiger partial charge in [-0.1, -0.05) is 29.8 Å². The molecule has 10 heteroatoms. The van der Waals surface area contributed by atoms with Gasteiger partial charge in [0.05, 0.1) is 6.20 Å². The molecule has 4 rings (SSSR count). The van der Waals surface area contributed by atoms with Crippen LogP contribution < -0.4 is 15.4 Å². The Hall–Kier alpha value is -2.26. The van der Waals surface area contributed by atoms with E-state index in [9.17, 15) is 13.2 Å². The summed E-state index contributed by atoms with van der Waals surface area (Å²) in [7, 11) is 0. The van der Waals surface area contributed by atoms with E-state index in [1.807, 2.05) is 0 Å². The van der Waals surface area contributed by atoms with Crippen LogP contribution in [0.2, 0.25) is 5.02 Å². The van der Waals surface area contributed by atoms with Gasteiger partial charge in [-0.15, -0.1) is 13.2 Å². The normalized spacial score (nSPS) is 21.6. The maximum absolute atomic E-state index is 12.6. The predicted molar refractivity (Wildman–Crippen MR) is 118 cm³/mol. The van der Waals surface area contributed by atoms with Gasteiger partial charge in [0.15, 0.2) is 0 Å². The van der Waals surface area contributed by atoms with Crippen molar-refractivity contribution < 1.29 is 17.9 Å². The monoisotopic (exact) mass is 469 g/mol. The summed E-state index contributed by atoms with van der Waals surface area (Å²) in [6.07, 6.45) is 2.88. The molecule has 174 valence electrons. The summed E-state index contributed by atoms with van der Waals surface area (Å²) < 4.78 is 41.9. The van der Waals surface area contributed by atoms with E-state index in [0.717, 1.165) is 12.6 Å². The molecule has 2 fully saturated rings. The molecule has 0 spiro atoms. The van der Waals surface area contributed by atoms with E-state index < -0.39 is 6.36 Å². The van der Waals surface area contributed by atoms with Gasteiger partial charge in [0.2, 0.25) is 5.95 Å². The highest BCUT2D eigenvalue weighted by atomic mass is 35.5. The van der Waals surface area contributed by atoms with Crippen molar-refractivity contribution in [3.05, 3.63) is 41.0 Å². The largest absolute Gasteiger partial charge is 0.573 e. The second kappa shape index (κ2) is 10.1. The summed E-state index contributed by atoms with van der Waals surface area (Å²) >= 11 is 6.25. The van der Waals surface area contributed by atoms with E-state index in [2.05, 4.69) is 30.2 Å². The maximum atomic E-state index is 12.6. The van der Waals surface area contributed by atoms with Crippen molar-refractivity contribution in [3.8, 4) is 5.75 Å². The van der Waals surface area contributed by atoms with Crippen molar-refractivity contribution in [1.82, 2.24) is 14.9 Å². The van der Waals surface area contributed by atoms with Crippen molar-refractivity contribution in [2.75, 3.05) is 30.3 Å². The first-order valence-corrected chi connectivity index (χ1v) is 11.3. The van der Waals surface area contributed by atoms with Crippen LogP contribution >= 0.6 is 11.6 Å². The molecule has 6 nitrogen and oxygen atoms in total. The van der Waals surface area contributed by atoms with E-state index in [0.29, 0.717) is 22.3 Å². The van der Waals surface area contributed by atoms with Crippen LogP contribution in [0.4, 0.5) is 24.9 Å². The summed E-state index contributed by atoms with van der Waals surface area (Å²) in [5.41, 5.74) is 0.344. The minimum Gasteiger partial charge on any atom is -0.405 e. The number of nitrogens with one attached hydrogen (secondary N) is 2. The highest BCUT2D eigenvalue weighted by Crippen LogP contribution is 2.31. The lowest BCUT2D eigenvalue weighted by atomic mass is 9.84. The molecule has 1 saturated carbocycles. The second-order valence-corrected chi connectivity index (χ2v) is 8.75. The third kappa shape index (κ3) is 6.16. The second-order valence-electron chi connectivity index (χ2n) is 8.34. The Morgan fingerprint density at radius 3 is 2.53 bits per heavy atom. The number of hydrogen-bond donors (Lipinski definition) is 2. The first-order chi connectivity index (χ1) is 15.4. The van der Waals surface area contributed by atoms with Gasteiger partial charge in [-0.25, -0.2) is 4.98 Å². The average Bonchev–Trinajstić information content (AvgIpc) is 2.72. The number of nitrogens with zero attached hydrogens (tertiary/aromatic N) is 3. The standard InChI is InChI=1S/C22H27ClF3N5O/c23-18-14-29-21(28-13-16-4-1-2-5-19(16)32-22(24,25)26)30-20(18)27-12-15-6-8-17(9-7-15)31-10-3-11-31/h1-2,4-5,14-15,17H,3,6-13H2,(H2,27,28,29,30). The van der Waals surface area contributed by atoms with Crippen molar-refractivity contribution in [2.45, 2.75) is 51.1 Å². The summed E-state index contributed by atoms with van der Waals surface area (Å²) in [5, 5.41) is 6.68. The molecule has 1 aliphatic heterocycles. The first-order valence-electron chi connectivity index (χ1n) is 11.0. The Kier molecular flexibility index (Phi) is 7.25. The van der Waals surface area contributed by atoms with Gasteiger partial charge < -0.3 is 20.3 Å². The number of para-hydroxylation sites is 1. The van der Waals surface area contributed by atoms with E-state index in [1.54, 1.807) is 12.1 Å². The number of alkyl halides is 3. The highest BCUT2D eigenvalue weighted by Gasteiger charge is 2.32. The van der Waals surface area contributed by atoms with Crippen LogP contribution in [0.25, 0.3) is 0 Å². The van der Waals surface area contributed by atoms with Crippen LogP contribution in [0.1, 0.15) is 37.7 Å². The van der Waals surface area contributed by atoms with E-state index >= 15 is 0 Å². The summed E-state index contributed by atoms with van der Waals surface area (Å²) in [5.74, 6) is 1.11. The molecule has 0 bridgehead atoms. The van der Waals surface area contributed by atoms with Gasteiger partial charge in [0.25, 0.3) is 0 Å². The van der Waals surface area contributed by atoms with Crippen LogP contribution in [0.3, 0.4) is 0 Å². The Bertz CT molecular complexity index is 901. The molecule has 0 amide bonds. The quantitative estimate of drug-likeness (QED) is 0.546. The fourth-order valence-electron chi connectivity index (χ4n) is 4.29. The highest BCUT2D eigenvalue weighted by molar-refractivity contribution is 6.32. The van der Waals surface area contributed by atoms with Gasteiger partial charge in [-0.2, -0.15) is 4.98 Å². The number of ether oxygens (including phenoxy) is 1. The molecule has 0 atom stereocenters. The van der Waals surface area contributed by atoms with Gasteiger partial charge in [-0.3, -0.25) is 0 Å². The SMILES string of the molecule is FC(F)(F)Oc1ccccc1CNc1ncc(Cl)c(NCC2CCC(N3CCC3)CC2)n1. The minimum atomic E-state index is -4.75. The van der Waals surface area contributed by atoms with Crippen molar-refractivity contribution >= 4 is 23.4 Å². The predicted octanol–water partition coefficient (Wildman–Crippen LogP) is 5.32.